The Bertz CT molecular complexity index is 569. The zero-order valence-electron chi connectivity index (χ0n) is 11.9. The molecule has 2 rings (SSSR count). The largest absolute Gasteiger partial charge is 0.388 e. The summed E-state index contributed by atoms with van der Waals surface area (Å²) >= 11 is 0. The summed E-state index contributed by atoms with van der Waals surface area (Å²) < 4.78 is 12.6. The second-order valence-corrected chi connectivity index (χ2v) is 4.96. The fourth-order valence-electron chi connectivity index (χ4n) is 2.39. The first-order valence-corrected chi connectivity index (χ1v) is 7.05. The summed E-state index contributed by atoms with van der Waals surface area (Å²) in [6, 6.07) is 1.23. The molecule has 0 aromatic carbocycles. The maximum absolute atomic E-state index is 11.9. The van der Waals surface area contributed by atoms with Crippen molar-refractivity contribution in [2.24, 2.45) is 5.73 Å². The minimum atomic E-state index is -0.836. The second kappa shape index (κ2) is 6.99. The number of aliphatic hydroxyl groups is 1. The average Bonchev–Trinajstić information content (AvgIpc) is 2.76. The van der Waals surface area contributed by atoms with Gasteiger partial charge in [0, 0.05) is 18.9 Å². The number of nitrogens with zero attached hydrogens (tertiary/aromatic N) is 1. The molecule has 8 nitrogen and oxygen atoms in total. The van der Waals surface area contributed by atoms with Gasteiger partial charge < -0.3 is 20.3 Å². The van der Waals surface area contributed by atoms with Gasteiger partial charge in [-0.3, -0.25) is 14.3 Å². The average molecular weight is 299 g/mol. The van der Waals surface area contributed by atoms with Crippen molar-refractivity contribution < 1.29 is 14.6 Å². The van der Waals surface area contributed by atoms with E-state index in [1.807, 2.05) is 6.92 Å². The highest BCUT2D eigenvalue weighted by Crippen LogP contribution is 2.32. The van der Waals surface area contributed by atoms with Crippen molar-refractivity contribution in [3.63, 3.8) is 0 Å². The molecule has 1 aliphatic heterocycles. The predicted molar refractivity (Wildman–Crippen MR) is 74.9 cm³/mol. The van der Waals surface area contributed by atoms with Crippen molar-refractivity contribution in [3.05, 3.63) is 33.1 Å². The number of H-pyrrole nitrogens is 1. The minimum absolute atomic E-state index is 0.368. The lowest BCUT2D eigenvalue weighted by Gasteiger charge is -2.22. The van der Waals surface area contributed by atoms with Gasteiger partial charge in [0.25, 0.3) is 5.56 Å². The monoisotopic (exact) mass is 299 g/mol. The van der Waals surface area contributed by atoms with Gasteiger partial charge in [0.1, 0.15) is 12.2 Å². The predicted octanol–water partition coefficient (Wildman–Crippen LogP) is -1.06. The summed E-state index contributed by atoms with van der Waals surface area (Å²) in [5, 5.41) is 10.3. The maximum atomic E-state index is 11.9. The van der Waals surface area contributed by atoms with Gasteiger partial charge in [-0.15, -0.1) is 0 Å². The first-order chi connectivity index (χ1) is 10.1. The van der Waals surface area contributed by atoms with Crippen molar-refractivity contribution in [1.82, 2.24) is 9.55 Å². The number of hydrogen-bond donors (Lipinski definition) is 3. The molecule has 1 aromatic heterocycles. The van der Waals surface area contributed by atoms with Crippen LogP contribution >= 0.6 is 0 Å². The molecule has 2 heterocycles. The number of rotatable bonds is 6. The molecule has 1 aliphatic rings. The second-order valence-electron chi connectivity index (χ2n) is 4.96. The van der Waals surface area contributed by atoms with Crippen LogP contribution in [-0.4, -0.2) is 46.1 Å². The van der Waals surface area contributed by atoms with Crippen molar-refractivity contribution in [2.45, 2.75) is 44.3 Å². The molecule has 1 saturated heterocycles. The SMILES string of the molecule is CC[C@H]1O[C@@H](n2ccc(=O)[nH]c2=O)[C@@H](OCCCN)C1O. The zero-order chi connectivity index (χ0) is 15.4. The van der Waals surface area contributed by atoms with E-state index in [-0.39, 0.29) is 0 Å². The number of nitrogens with two attached hydrogens (primary N) is 1. The van der Waals surface area contributed by atoms with Crippen molar-refractivity contribution in [3.8, 4) is 0 Å². The lowest BCUT2D eigenvalue weighted by atomic mass is 10.1. The van der Waals surface area contributed by atoms with Crippen LogP contribution < -0.4 is 17.0 Å². The first-order valence-electron chi connectivity index (χ1n) is 7.05. The molecule has 4 N–H and O–H groups in total. The Labute approximate surface area is 121 Å². The van der Waals surface area contributed by atoms with Crippen molar-refractivity contribution in [1.29, 1.82) is 0 Å². The summed E-state index contributed by atoms with van der Waals surface area (Å²) in [6.45, 7) is 2.72. The standard InChI is InChI=1S/C13H21N3O5/c1-2-8-10(18)11(20-7-3-5-14)12(21-8)16-6-4-9(17)15-13(16)19/h4,6,8,10-12,18H,2-3,5,7,14H2,1H3,(H,15,17,19)/t8-,10?,11+,12-/m1/s1. The lowest BCUT2D eigenvalue weighted by Crippen LogP contribution is -2.39. The van der Waals surface area contributed by atoms with Crippen LogP contribution in [0.4, 0.5) is 0 Å². The van der Waals surface area contributed by atoms with Gasteiger partial charge in [0.2, 0.25) is 0 Å². The van der Waals surface area contributed by atoms with Crippen LogP contribution in [0, 0.1) is 0 Å². The topological polar surface area (TPSA) is 120 Å². The van der Waals surface area contributed by atoms with Gasteiger partial charge >= 0.3 is 5.69 Å². The van der Waals surface area contributed by atoms with E-state index >= 15 is 0 Å². The van der Waals surface area contributed by atoms with E-state index < -0.39 is 35.8 Å². The molecule has 0 amide bonds. The molecule has 0 bridgehead atoms. The third-order valence-electron chi connectivity index (χ3n) is 3.50. The van der Waals surface area contributed by atoms with Crippen molar-refractivity contribution in [2.75, 3.05) is 13.2 Å². The summed E-state index contributed by atoms with van der Waals surface area (Å²) in [5.74, 6) is 0. The number of aromatic amines is 1. The summed E-state index contributed by atoms with van der Waals surface area (Å²) in [7, 11) is 0. The fourth-order valence-corrected chi connectivity index (χ4v) is 2.39. The van der Waals surface area contributed by atoms with Gasteiger partial charge in [-0.25, -0.2) is 4.79 Å². The third-order valence-corrected chi connectivity index (χ3v) is 3.50. The van der Waals surface area contributed by atoms with E-state index in [0.717, 1.165) is 0 Å². The number of ether oxygens (including phenoxy) is 2. The van der Waals surface area contributed by atoms with E-state index in [0.29, 0.717) is 26.0 Å². The molecule has 1 fully saturated rings. The van der Waals surface area contributed by atoms with E-state index in [1.54, 1.807) is 0 Å². The minimum Gasteiger partial charge on any atom is -0.388 e. The molecule has 118 valence electrons. The molecule has 0 saturated carbocycles. The molecule has 0 aliphatic carbocycles. The molecule has 1 aromatic rings. The number of aliphatic hydroxyl groups excluding tert-OH is 1. The van der Waals surface area contributed by atoms with E-state index in [4.69, 9.17) is 15.2 Å². The van der Waals surface area contributed by atoms with Gasteiger partial charge in [0.15, 0.2) is 6.23 Å². The normalized spacial score (nSPS) is 28.9. The molecule has 1 unspecified atom stereocenters. The summed E-state index contributed by atoms with van der Waals surface area (Å²) in [6.07, 6.45) is -0.124. The number of nitrogens with one attached hydrogen (secondary N) is 1. The molecule has 21 heavy (non-hydrogen) atoms. The van der Waals surface area contributed by atoms with Crippen LogP contribution in [-0.2, 0) is 9.47 Å². The van der Waals surface area contributed by atoms with Crippen LogP contribution in [0.15, 0.2) is 21.9 Å². The third kappa shape index (κ3) is 3.41. The van der Waals surface area contributed by atoms with E-state index in [1.165, 1.54) is 16.8 Å². The van der Waals surface area contributed by atoms with Crippen LogP contribution in [0.1, 0.15) is 26.0 Å². The highest BCUT2D eigenvalue weighted by molar-refractivity contribution is 4.93. The van der Waals surface area contributed by atoms with Crippen LogP contribution in [0.5, 0.6) is 0 Å². The fraction of sp³-hybridized carbons (Fsp3) is 0.692. The van der Waals surface area contributed by atoms with Gasteiger partial charge in [0.05, 0.1) is 6.10 Å². The van der Waals surface area contributed by atoms with Crippen LogP contribution in [0.2, 0.25) is 0 Å². The Morgan fingerprint density at radius 1 is 1.52 bits per heavy atom. The number of hydrogen-bond acceptors (Lipinski definition) is 6. The summed E-state index contributed by atoms with van der Waals surface area (Å²) in [4.78, 5) is 25.2. The first kappa shape index (κ1) is 15.9. The molecule has 0 radical (unpaired) electrons. The molecular formula is C13H21N3O5. The van der Waals surface area contributed by atoms with Crippen LogP contribution in [0.25, 0.3) is 0 Å². The molecular weight excluding hydrogens is 278 g/mol. The lowest BCUT2D eigenvalue weighted by molar-refractivity contribution is -0.0708. The van der Waals surface area contributed by atoms with E-state index in [9.17, 15) is 14.7 Å². The molecule has 4 atom stereocenters. The Hall–Kier alpha value is -1.48. The van der Waals surface area contributed by atoms with Crippen LogP contribution in [0.3, 0.4) is 0 Å². The highest BCUT2D eigenvalue weighted by Gasteiger charge is 2.44. The Morgan fingerprint density at radius 2 is 2.29 bits per heavy atom. The summed E-state index contributed by atoms with van der Waals surface area (Å²) in [5.41, 5.74) is 4.34. The Balaban J connectivity index is 2.25. The zero-order valence-corrected chi connectivity index (χ0v) is 11.9. The van der Waals surface area contributed by atoms with Gasteiger partial charge in [-0.05, 0) is 19.4 Å². The van der Waals surface area contributed by atoms with E-state index in [2.05, 4.69) is 4.98 Å². The smallest absolute Gasteiger partial charge is 0.330 e. The van der Waals surface area contributed by atoms with Crippen molar-refractivity contribution >= 4 is 0 Å². The number of aromatic nitrogens is 2. The Kier molecular flexibility index (Phi) is 5.29. The Morgan fingerprint density at radius 3 is 2.90 bits per heavy atom. The highest BCUT2D eigenvalue weighted by atomic mass is 16.6. The quantitative estimate of drug-likeness (QED) is 0.576. The van der Waals surface area contributed by atoms with Gasteiger partial charge in [-0.1, -0.05) is 6.92 Å². The molecule has 0 spiro atoms. The van der Waals surface area contributed by atoms with Gasteiger partial charge in [-0.2, -0.15) is 0 Å². The molecule has 8 heteroatoms. The maximum Gasteiger partial charge on any atom is 0.330 e.